The van der Waals surface area contributed by atoms with Crippen LogP contribution in [0, 0.1) is 0 Å². The molecule has 1 unspecified atom stereocenters. The number of benzene rings is 1. The highest BCUT2D eigenvalue weighted by molar-refractivity contribution is 6.36. The summed E-state index contributed by atoms with van der Waals surface area (Å²) in [7, 11) is 0. The second-order valence-electron chi connectivity index (χ2n) is 5.19. The summed E-state index contributed by atoms with van der Waals surface area (Å²) in [4.78, 5) is 25.1. The molecule has 21 heavy (non-hydrogen) atoms. The zero-order chi connectivity index (χ0) is 15.6. The minimum absolute atomic E-state index is 0.0212. The Balaban J connectivity index is 2.12. The van der Waals surface area contributed by atoms with Gasteiger partial charge in [-0.2, -0.15) is 0 Å². The molecule has 114 valence electrons. The highest BCUT2D eigenvalue weighted by Gasteiger charge is 2.40. The Kier molecular flexibility index (Phi) is 4.76. The third-order valence-electron chi connectivity index (χ3n) is 3.67. The van der Waals surface area contributed by atoms with E-state index in [9.17, 15) is 14.7 Å². The molecule has 0 saturated carbocycles. The van der Waals surface area contributed by atoms with Crippen molar-refractivity contribution in [3.8, 4) is 0 Å². The molecule has 1 aromatic rings. The second kappa shape index (κ2) is 6.22. The molecule has 2 amide bonds. The first-order valence-electron chi connectivity index (χ1n) is 6.56. The molecule has 3 N–H and O–H groups in total. The van der Waals surface area contributed by atoms with Gasteiger partial charge in [0.05, 0.1) is 13.0 Å². The number of piperidine rings is 1. The molecule has 2 rings (SSSR count). The summed E-state index contributed by atoms with van der Waals surface area (Å²) in [6, 6.07) is 5.02. The molecule has 1 aliphatic rings. The monoisotopic (exact) mass is 330 g/mol. The molecule has 1 aromatic carbocycles. The summed E-state index contributed by atoms with van der Waals surface area (Å²) in [6.07, 6.45) is 0.799. The van der Waals surface area contributed by atoms with Crippen LogP contribution in [0.2, 0.25) is 10.0 Å². The van der Waals surface area contributed by atoms with Gasteiger partial charge in [-0.25, -0.2) is 0 Å². The van der Waals surface area contributed by atoms with Crippen LogP contribution in [-0.4, -0.2) is 40.5 Å². The highest BCUT2D eigenvalue weighted by atomic mass is 35.5. The number of nitrogens with two attached hydrogens (primary N) is 1. The Labute approximate surface area is 132 Å². The van der Waals surface area contributed by atoms with E-state index < -0.39 is 11.5 Å². The Morgan fingerprint density at radius 1 is 1.33 bits per heavy atom. The van der Waals surface area contributed by atoms with Gasteiger partial charge < -0.3 is 15.7 Å². The van der Waals surface area contributed by atoms with Gasteiger partial charge in [0.25, 0.3) is 5.91 Å². The van der Waals surface area contributed by atoms with Gasteiger partial charge in [0, 0.05) is 16.6 Å². The maximum atomic E-state index is 12.3. The average molecular weight is 331 g/mol. The summed E-state index contributed by atoms with van der Waals surface area (Å²) in [5.74, 6) is -1.06. The maximum absolute atomic E-state index is 12.3. The Hall–Kier alpha value is -1.30. The Bertz CT molecular complexity index is 559. The fraction of sp³-hybridized carbons (Fsp3) is 0.429. The predicted molar refractivity (Wildman–Crippen MR) is 80.1 cm³/mol. The van der Waals surface area contributed by atoms with E-state index in [0.717, 1.165) is 0 Å². The van der Waals surface area contributed by atoms with Gasteiger partial charge in [0.15, 0.2) is 5.60 Å². The number of likely N-dealkylation sites (tertiary alicyclic amines) is 1. The third kappa shape index (κ3) is 3.48. The fourth-order valence-corrected chi connectivity index (χ4v) is 2.95. The van der Waals surface area contributed by atoms with E-state index in [1.807, 2.05) is 0 Å². The number of carbonyl (C=O) groups is 2. The van der Waals surface area contributed by atoms with Crippen molar-refractivity contribution in [2.45, 2.75) is 24.9 Å². The van der Waals surface area contributed by atoms with Crippen molar-refractivity contribution in [1.82, 2.24) is 4.90 Å². The van der Waals surface area contributed by atoms with Crippen molar-refractivity contribution in [3.05, 3.63) is 33.8 Å². The first-order chi connectivity index (χ1) is 9.83. The van der Waals surface area contributed by atoms with Crippen LogP contribution in [0.4, 0.5) is 0 Å². The van der Waals surface area contributed by atoms with Crippen molar-refractivity contribution in [3.63, 3.8) is 0 Å². The van der Waals surface area contributed by atoms with Crippen LogP contribution >= 0.6 is 23.2 Å². The minimum atomic E-state index is -1.65. The summed E-state index contributed by atoms with van der Waals surface area (Å²) >= 11 is 12.1. The molecular weight excluding hydrogens is 315 g/mol. The van der Waals surface area contributed by atoms with Crippen LogP contribution in [0.5, 0.6) is 0 Å². The van der Waals surface area contributed by atoms with Gasteiger partial charge in [0.1, 0.15) is 0 Å². The lowest BCUT2D eigenvalue weighted by Crippen LogP contribution is -2.57. The van der Waals surface area contributed by atoms with Gasteiger partial charge in [-0.3, -0.25) is 9.59 Å². The SMILES string of the molecule is NC(=O)C1(O)CCCN(C(=O)Cc2c(Cl)cccc2Cl)C1. The summed E-state index contributed by atoms with van der Waals surface area (Å²) < 4.78 is 0. The number of amides is 2. The highest BCUT2D eigenvalue weighted by Crippen LogP contribution is 2.27. The van der Waals surface area contributed by atoms with Crippen LogP contribution < -0.4 is 5.73 Å². The van der Waals surface area contributed by atoms with Gasteiger partial charge in [-0.15, -0.1) is 0 Å². The number of halogens is 2. The molecule has 0 radical (unpaired) electrons. The van der Waals surface area contributed by atoms with Crippen LogP contribution in [-0.2, 0) is 16.0 Å². The smallest absolute Gasteiger partial charge is 0.251 e. The normalized spacial score (nSPS) is 22.1. The number of β-amino-alcohol motifs (C(OH)–C–C–N with tert-alkyl or cyclic N) is 1. The van der Waals surface area contributed by atoms with Crippen molar-refractivity contribution in [2.75, 3.05) is 13.1 Å². The number of nitrogens with zero attached hydrogens (tertiary/aromatic N) is 1. The van der Waals surface area contributed by atoms with Gasteiger partial charge in [-0.1, -0.05) is 29.3 Å². The molecule has 1 aliphatic heterocycles. The second-order valence-corrected chi connectivity index (χ2v) is 6.01. The van der Waals surface area contributed by atoms with Gasteiger partial charge >= 0.3 is 0 Å². The zero-order valence-corrected chi connectivity index (χ0v) is 12.8. The largest absolute Gasteiger partial charge is 0.378 e. The Morgan fingerprint density at radius 2 is 1.95 bits per heavy atom. The van der Waals surface area contributed by atoms with E-state index in [2.05, 4.69) is 0 Å². The van der Waals surface area contributed by atoms with E-state index in [1.165, 1.54) is 4.90 Å². The van der Waals surface area contributed by atoms with E-state index in [-0.39, 0.29) is 25.3 Å². The molecule has 5 nitrogen and oxygen atoms in total. The van der Waals surface area contributed by atoms with Gasteiger partial charge in [-0.05, 0) is 30.5 Å². The molecule has 1 heterocycles. The third-order valence-corrected chi connectivity index (χ3v) is 4.38. The lowest BCUT2D eigenvalue weighted by molar-refractivity contribution is -0.148. The topological polar surface area (TPSA) is 83.6 Å². The molecule has 0 aliphatic carbocycles. The van der Waals surface area contributed by atoms with Crippen molar-refractivity contribution < 1.29 is 14.7 Å². The number of aliphatic hydroxyl groups is 1. The summed E-state index contributed by atoms with van der Waals surface area (Å²) in [6.45, 7) is 0.375. The van der Waals surface area contributed by atoms with Crippen LogP contribution in [0.3, 0.4) is 0 Å². The van der Waals surface area contributed by atoms with Gasteiger partial charge in [0.2, 0.25) is 5.91 Å². The van der Waals surface area contributed by atoms with Crippen molar-refractivity contribution in [2.24, 2.45) is 5.73 Å². The molecular formula is C14H16Cl2N2O3. The van der Waals surface area contributed by atoms with Crippen LogP contribution in [0.1, 0.15) is 18.4 Å². The van der Waals surface area contributed by atoms with E-state index >= 15 is 0 Å². The molecule has 1 atom stereocenters. The molecule has 0 spiro atoms. The fourth-order valence-electron chi connectivity index (χ4n) is 2.41. The van der Waals surface area contributed by atoms with Crippen molar-refractivity contribution >= 4 is 35.0 Å². The number of hydrogen-bond donors (Lipinski definition) is 2. The number of hydrogen-bond acceptors (Lipinski definition) is 3. The molecule has 0 bridgehead atoms. The average Bonchev–Trinajstić information content (AvgIpc) is 2.43. The summed E-state index contributed by atoms with van der Waals surface area (Å²) in [5, 5.41) is 11.0. The zero-order valence-electron chi connectivity index (χ0n) is 11.3. The van der Waals surface area contributed by atoms with Crippen LogP contribution in [0.25, 0.3) is 0 Å². The molecule has 0 aromatic heterocycles. The lowest BCUT2D eigenvalue weighted by Gasteiger charge is -2.37. The lowest BCUT2D eigenvalue weighted by atomic mass is 9.92. The van der Waals surface area contributed by atoms with E-state index in [4.69, 9.17) is 28.9 Å². The number of rotatable bonds is 3. The first kappa shape index (κ1) is 16.1. The summed E-state index contributed by atoms with van der Waals surface area (Å²) in [5.41, 5.74) is 4.08. The van der Waals surface area contributed by atoms with Crippen molar-refractivity contribution in [1.29, 1.82) is 0 Å². The minimum Gasteiger partial charge on any atom is -0.378 e. The molecule has 7 heteroatoms. The van der Waals surface area contributed by atoms with E-state index in [0.29, 0.717) is 28.6 Å². The predicted octanol–water partition coefficient (Wildman–Crippen LogP) is 1.37. The first-order valence-corrected chi connectivity index (χ1v) is 7.32. The molecule has 1 saturated heterocycles. The standard InChI is InChI=1S/C14H16Cl2N2O3/c15-10-3-1-4-11(16)9(10)7-12(19)18-6-2-5-14(21,8-18)13(17)20/h1,3-4,21H,2,5-8H2,(H2,17,20). The maximum Gasteiger partial charge on any atom is 0.251 e. The number of carbonyl (C=O) groups excluding carboxylic acids is 2. The molecule has 1 fully saturated rings. The Morgan fingerprint density at radius 3 is 2.52 bits per heavy atom. The quantitative estimate of drug-likeness (QED) is 0.878. The van der Waals surface area contributed by atoms with Crippen LogP contribution in [0.15, 0.2) is 18.2 Å². The number of primary amides is 1. The van der Waals surface area contributed by atoms with E-state index in [1.54, 1.807) is 18.2 Å².